The lowest BCUT2D eigenvalue weighted by Crippen LogP contribution is -2.25. The van der Waals surface area contributed by atoms with Crippen LogP contribution in [0.1, 0.15) is 47.2 Å². The molecule has 1 nitrogen and oxygen atoms in total. The molecule has 0 heterocycles. The van der Waals surface area contributed by atoms with Crippen LogP contribution in [0, 0.1) is 0 Å². The Morgan fingerprint density at radius 3 is 1.52 bits per heavy atom. The van der Waals surface area contributed by atoms with Crippen molar-refractivity contribution in [2.75, 3.05) is 4.90 Å². The second-order valence-electron chi connectivity index (χ2n) is 18.0. The van der Waals surface area contributed by atoms with E-state index in [0.29, 0.717) is 0 Å². The highest BCUT2D eigenvalue weighted by molar-refractivity contribution is 6.06. The summed E-state index contributed by atoms with van der Waals surface area (Å²) in [5.74, 6) is 0. The van der Waals surface area contributed by atoms with Gasteiger partial charge in [-0.15, -0.1) is 0 Å². The molecular weight excluding hydrogens is 759 g/mol. The summed E-state index contributed by atoms with van der Waals surface area (Å²) in [4.78, 5) is 2.51. The number of hydrogen-bond donors (Lipinski definition) is 0. The normalized spacial score (nSPS) is 14.1. The quantitative estimate of drug-likeness (QED) is 0.168. The third-order valence-corrected chi connectivity index (χ3v) is 14.5. The summed E-state index contributed by atoms with van der Waals surface area (Å²) in [6, 6.07) is 84.0. The van der Waals surface area contributed by atoms with E-state index in [-0.39, 0.29) is 5.41 Å². The van der Waals surface area contributed by atoms with Crippen molar-refractivity contribution in [3.63, 3.8) is 0 Å². The molecule has 0 aromatic heterocycles. The largest absolute Gasteiger partial charge is 0.310 e. The van der Waals surface area contributed by atoms with E-state index in [4.69, 9.17) is 0 Å². The molecule has 1 spiro atoms. The fourth-order valence-corrected chi connectivity index (χ4v) is 11.7. The van der Waals surface area contributed by atoms with Gasteiger partial charge in [0.25, 0.3) is 0 Å². The fourth-order valence-electron chi connectivity index (χ4n) is 11.7. The molecule has 0 atom stereocenters. The van der Waals surface area contributed by atoms with Crippen molar-refractivity contribution < 1.29 is 0 Å². The molecule has 63 heavy (non-hydrogen) atoms. The van der Waals surface area contributed by atoms with Crippen LogP contribution in [0.5, 0.6) is 0 Å². The Morgan fingerprint density at radius 2 is 0.825 bits per heavy atom. The predicted octanol–water partition coefficient (Wildman–Crippen LogP) is 16.3. The predicted molar refractivity (Wildman–Crippen MR) is 263 cm³/mol. The minimum absolute atomic E-state index is 0.142. The van der Waals surface area contributed by atoms with Crippen LogP contribution in [0.2, 0.25) is 0 Å². The van der Waals surface area contributed by atoms with Gasteiger partial charge in [0.1, 0.15) is 0 Å². The molecule has 0 saturated carbocycles. The highest BCUT2D eigenvalue weighted by Crippen LogP contribution is 2.63. The summed E-state index contributed by atoms with van der Waals surface area (Å²) in [7, 11) is 0. The molecule has 0 aliphatic heterocycles. The van der Waals surface area contributed by atoms with Crippen LogP contribution >= 0.6 is 0 Å². The minimum Gasteiger partial charge on any atom is -0.310 e. The van der Waals surface area contributed by atoms with Crippen molar-refractivity contribution in [1.82, 2.24) is 0 Å². The lowest BCUT2D eigenvalue weighted by atomic mass is 9.70. The first-order valence-electron chi connectivity index (χ1n) is 22.2. The van der Waals surface area contributed by atoms with E-state index in [9.17, 15) is 0 Å². The Labute approximate surface area is 369 Å². The van der Waals surface area contributed by atoms with Gasteiger partial charge in [-0.25, -0.2) is 0 Å². The Kier molecular flexibility index (Phi) is 7.64. The van der Waals surface area contributed by atoms with Gasteiger partial charge in [0.15, 0.2) is 0 Å². The van der Waals surface area contributed by atoms with Crippen molar-refractivity contribution >= 4 is 27.8 Å². The average molecular weight is 802 g/mol. The molecule has 0 amide bonds. The van der Waals surface area contributed by atoms with Gasteiger partial charge in [0, 0.05) is 22.4 Å². The molecule has 1 heteroatoms. The highest BCUT2D eigenvalue weighted by atomic mass is 15.1. The van der Waals surface area contributed by atoms with Gasteiger partial charge >= 0.3 is 0 Å². The van der Waals surface area contributed by atoms with E-state index in [2.05, 4.69) is 243 Å². The van der Waals surface area contributed by atoms with Gasteiger partial charge in [-0.1, -0.05) is 202 Å². The van der Waals surface area contributed by atoms with Crippen molar-refractivity contribution in [2.45, 2.75) is 24.7 Å². The monoisotopic (exact) mass is 801 g/mol. The number of benzene rings is 10. The summed E-state index contributed by atoms with van der Waals surface area (Å²) in [5.41, 5.74) is 23.7. The summed E-state index contributed by atoms with van der Waals surface area (Å²) in [6.45, 7) is 4.75. The van der Waals surface area contributed by atoms with Gasteiger partial charge in [-0.2, -0.15) is 0 Å². The third-order valence-electron chi connectivity index (χ3n) is 14.5. The summed E-state index contributed by atoms with van der Waals surface area (Å²) >= 11 is 0. The Bertz CT molecular complexity index is 3430. The maximum absolute atomic E-state index is 2.51. The number of rotatable bonds is 5. The smallest absolute Gasteiger partial charge is 0.0725 e. The van der Waals surface area contributed by atoms with Gasteiger partial charge in [-0.3, -0.25) is 0 Å². The topological polar surface area (TPSA) is 3.24 Å². The lowest BCUT2D eigenvalue weighted by molar-refractivity contribution is 0.660. The Morgan fingerprint density at radius 1 is 0.317 bits per heavy atom. The van der Waals surface area contributed by atoms with Crippen molar-refractivity contribution in [1.29, 1.82) is 0 Å². The van der Waals surface area contributed by atoms with Crippen LogP contribution in [-0.4, -0.2) is 0 Å². The molecule has 0 saturated heterocycles. The highest BCUT2D eigenvalue weighted by Gasteiger charge is 2.51. The average Bonchev–Trinajstić information content (AvgIpc) is 3.90. The van der Waals surface area contributed by atoms with E-state index in [1.54, 1.807) is 0 Å². The van der Waals surface area contributed by atoms with E-state index >= 15 is 0 Å². The fraction of sp³-hybridized carbons (Fsp3) is 0.0645. The molecule has 0 unspecified atom stereocenters. The third kappa shape index (κ3) is 4.99. The zero-order valence-electron chi connectivity index (χ0n) is 35.3. The molecular formula is C62H43N. The first-order valence-corrected chi connectivity index (χ1v) is 22.2. The number of fused-ring (bicyclic) bond motifs is 14. The standard InChI is InChI=1S/C62H43N/c1-61(2)53-27-12-8-23-47(53)51-35-33-45(39-57(51)61)63(59-36-32-40-17-6-7-22-46(40)60(59)41-18-4-3-5-19-41)44-21-16-20-42(37-44)43-31-34-52-50-26-11-15-30-56(50)62(58(52)38-43)54-28-13-9-24-48(54)49-25-10-14-29-55(49)62/h3-39H,1-2H3. The van der Waals surface area contributed by atoms with Crippen LogP contribution in [0.25, 0.3) is 66.4 Å². The van der Waals surface area contributed by atoms with Crippen molar-refractivity contribution in [3.8, 4) is 55.6 Å². The molecule has 10 aromatic carbocycles. The lowest BCUT2D eigenvalue weighted by Gasteiger charge is -2.31. The maximum Gasteiger partial charge on any atom is 0.0725 e. The molecule has 0 radical (unpaired) electrons. The van der Waals surface area contributed by atoms with Gasteiger partial charge in [0.2, 0.25) is 0 Å². The van der Waals surface area contributed by atoms with Crippen LogP contribution in [0.15, 0.2) is 224 Å². The van der Waals surface area contributed by atoms with Crippen LogP contribution < -0.4 is 4.90 Å². The first-order chi connectivity index (χ1) is 31.0. The zero-order valence-corrected chi connectivity index (χ0v) is 35.3. The van der Waals surface area contributed by atoms with Crippen molar-refractivity contribution in [2.24, 2.45) is 0 Å². The maximum atomic E-state index is 2.51. The minimum atomic E-state index is -0.400. The second kappa shape index (κ2) is 13.4. The number of nitrogens with zero attached hydrogens (tertiary/aromatic N) is 1. The zero-order chi connectivity index (χ0) is 41.9. The van der Waals surface area contributed by atoms with Crippen LogP contribution in [-0.2, 0) is 10.8 Å². The number of anilines is 3. The number of hydrogen-bond acceptors (Lipinski definition) is 1. The first kappa shape index (κ1) is 36.0. The summed E-state index contributed by atoms with van der Waals surface area (Å²) < 4.78 is 0. The van der Waals surface area contributed by atoms with Gasteiger partial charge in [0.05, 0.1) is 11.1 Å². The Balaban J connectivity index is 1.04. The summed E-state index contributed by atoms with van der Waals surface area (Å²) in [6.07, 6.45) is 0. The van der Waals surface area contributed by atoms with E-state index in [1.165, 1.54) is 99.8 Å². The van der Waals surface area contributed by atoms with E-state index in [1.807, 2.05) is 0 Å². The van der Waals surface area contributed by atoms with Crippen molar-refractivity contribution in [3.05, 3.63) is 258 Å². The molecule has 3 aliphatic rings. The second-order valence-corrected chi connectivity index (χ2v) is 18.0. The summed E-state index contributed by atoms with van der Waals surface area (Å²) in [5, 5.41) is 2.46. The van der Waals surface area contributed by atoms with Gasteiger partial charge in [-0.05, 0) is 131 Å². The van der Waals surface area contributed by atoms with E-state index in [0.717, 1.165) is 17.1 Å². The molecule has 0 bridgehead atoms. The SMILES string of the molecule is CC1(C)c2ccccc2-c2ccc(N(c3cccc(-c4ccc5c(c4)C4(c6ccccc6-c6ccccc64)c4ccccc4-5)c3)c3ccc4ccccc4c3-c3ccccc3)cc21. The molecule has 3 aliphatic carbocycles. The van der Waals surface area contributed by atoms with E-state index < -0.39 is 5.41 Å². The van der Waals surface area contributed by atoms with Crippen LogP contribution in [0.4, 0.5) is 17.1 Å². The molecule has 10 aromatic rings. The molecule has 296 valence electrons. The molecule has 0 fully saturated rings. The van der Waals surface area contributed by atoms with Crippen LogP contribution in [0.3, 0.4) is 0 Å². The molecule has 13 rings (SSSR count). The molecule has 0 N–H and O–H groups in total. The van der Waals surface area contributed by atoms with Gasteiger partial charge < -0.3 is 4.90 Å². The Hall–Kier alpha value is -7.74.